The number of carbonyl (C=O) groups excluding carboxylic acids is 2. The monoisotopic (exact) mass is 402 g/mol. The topological polar surface area (TPSA) is 86.0 Å². The summed E-state index contributed by atoms with van der Waals surface area (Å²) in [5.41, 5.74) is 3.17. The number of aliphatic imine (C=N–C) groups is 1. The van der Waals surface area contributed by atoms with E-state index in [1.165, 1.54) is 0 Å². The number of morpholine rings is 1. The van der Waals surface area contributed by atoms with Crippen molar-refractivity contribution in [2.45, 2.75) is 12.5 Å². The number of nitriles is 1. The SMILES string of the molecule is C=CCCN1C=C(c2cc(C#N)cc(C(=O)N3CCOCC3)c2)C2=CC=NC2C1=O. The lowest BCUT2D eigenvalue weighted by atomic mass is 9.89. The number of rotatable bonds is 5. The van der Waals surface area contributed by atoms with Crippen molar-refractivity contribution in [2.24, 2.45) is 4.99 Å². The molecule has 7 heteroatoms. The van der Waals surface area contributed by atoms with Gasteiger partial charge in [-0.3, -0.25) is 14.6 Å². The molecule has 1 fully saturated rings. The molecule has 1 atom stereocenters. The second-order valence-electron chi connectivity index (χ2n) is 7.29. The van der Waals surface area contributed by atoms with Crippen LogP contribution in [0.1, 0.15) is 27.9 Å². The van der Waals surface area contributed by atoms with E-state index in [2.05, 4.69) is 17.6 Å². The Morgan fingerprint density at radius 3 is 2.87 bits per heavy atom. The summed E-state index contributed by atoms with van der Waals surface area (Å²) >= 11 is 0. The van der Waals surface area contributed by atoms with Crippen molar-refractivity contribution >= 4 is 23.6 Å². The van der Waals surface area contributed by atoms with Gasteiger partial charge in [-0.1, -0.05) is 6.08 Å². The van der Waals surface area contributed by atoms with Gasteiger partial charge < -0.3 is 14.5 Å². The summed E-state index contributed by atoms with van der Waals surface area (Å²) < 4.78 is 5.33. The lowest BCUT2D eigenvalue weighted by Gasteiger charge is -2.30. The maximum Gasteiger partial charge on any atom is 0.255 e. The first-order chi connectivity index (χ1) is 14.6. The molecule has 4 rings (SSSR count). The first-order valence-electron chi connectivity index (χ1n) is 9.92. The Hall–Kier alpha value is -3.50. The fourth-order valence-electron chi connectivity index (χ4n) is 3.83. The molecule has 1 aromatic rings. The van der Waals surface area contributed by atoms with Crippen molar-refractivity contribution in [3.8, 4) is 6.07 Å². The van der Waals surface area contributed by atoms with E-state index in [1.807, 2.05) is 6.08 Å². The standard InChI is InChI=1S/C23H22N4O3/c1-2-3-6-27-15-20(19-4-5-25-21(19)23(27)29)17-11-16(14-24)12-18(13-17)22(28)26-7-9-30-10-8-26/h2,4-5,11-13,15,21H,1,3,6-10H2. The van der Waals surface area contributed by atoms with Crippen LogP contribution in [0.4, 0.5) is 0 Å². The Labute approximate surface area is 175 Å². The Morgan fingerprint density at radius 2 is 2.13 bits per heavy atom. The lowest BCUT2D eigenvalue weighted by Crippen LogP contribution is -2.41. The molecule has 3 aliphatic heterocycles. The average Bonchev–Trinajstić information content (AvgIpc) is 3.29. The summed E-state index contributed by atoms with van der Waals surface area (Å²) in [5.74, 6) is -0.206. The van der Waals surface area contributed by atoms with Crippen molar-refractivity contribution in [1.82, 2.24) is 9.80 Å². The Kier molecular flexibility index (Phi) is 5.59. The van der Waals surface area contributed by atoms with E-state index in [0.717, 1.165) is 16.7 Å². The van der Waals surface area contributed by atoms with E-state index in [0.29, 0.717) is 50.4 Å². The van der Waals surface area contributed by atoms with Gasteiger partial charge in [-0.2, -0.15) is 5.26 Å². The normalized spacial score (nSPS) is 20.4. The highest BCUT2D eigenvalue weighted by atomic mass is 16.5. The van der Waals surface area contributed by atoms with Crippen molar-refractivity contribution in [3.05, 3.63) is 65.4 Å². The maximum atomic E-state index is 13.0. The van der Waals surface area contributed by atoms with Crippen molar-refractivity contribution < 1.29 is 14.3 Å². The molecule has 0 bridgehead atoms. The van der Waals surface area contributed by atoms with Crippen LogP contribution in [0.3, 0.4) is 0 Å². The quantitative estimate of drug-likeness (QED) is 0.707. The molecule has 1 saturated heterocycles. The predicted molar refractivity (Wildman–Crippen MR) is 113 cm³/mol. The van der Waals surface area contributed by atoms with Gasteiger partial charge in [0.05, 0.1) is 24.8 Å². The van der Waals surface area contributed by atoms with Gasteiger partial charge in [0.1, 0.15) is 0 Å². The molecule has 0 aliphatic carbocycles. The fourth-order valence-corrected chi connectivity index (χ4v) is 3.83. The molecule has 152 valence electrons. The number of fused-ring (bicyclic) bond motifs is 1. The van der Waals surface area contributed by atoms with Crippen LogP contribution in [0.5, 0.6) is 0 Å². The molecule has 1 unspecified atom stereocenters. The number of carbonyl (C=O) groups is 2. The van der Waals surface area contributed by atoms with Gasteiger partial charge >= 0.3 is 0 Å². The van der Waals surface area contributed by atoms with E-state index < -0.39 is 6.04 Å². The Bertz CT molecular complexity index is 1030. The molecule has 2 amide bonds. The molecule has 30 heavy (non-hydrogen) atoms. The number of hydrogen-bond donors (Lipinski definition) is 0. The van der Waals surface area contributed by atoms with Crippen LogP contribution in [0.15, 0.2) is 53.7 Å². The number of hydrogen-bond acceptors (Lipinski definition) is 5. The van der Waals surface area contributed by atoms with Crippen molar-refractivity contribution in [1.29, 1.82) is 5.26 Å². The van der Waals surface area contributed by atoms with Crippen LogP contribution >= 0.6 is 0 Å². The minimum absolute atomic E-state index is 0.0818. The molecular weight excluding hydrogens is 380 g/mol. The second kappa shape index (κ2) is 8.47. The van der Waals surface area contributed by atoms with Gasteiger partial charge in [0.25, 0.3) is 11.8 Å². The van der Waals surface area contributed by atoms with Crippen molar-refractivity contribution in [3.63, 3.8) is 0 Å². The van der Waals surface area contributed by atoms with Gasteiger partial charge in [-0.05, 0) is 41.8 Å². The van der Waals surface area contributed by atoms with Crippen LogP contribution in [0.25, 0.3) is 5.57 Å². The minimum Gasteiger partial charge on any atom is -0.378 e. The third-order valence-electron chi connectivity index (χ3n) is 5.39. The summed E-state index contributed by atoms with van der Waals surface area (Å²) in [5, 5.41) is 9.55. The highest BCUT2D eigenvalue weighted by Gasteiger charge is 2.35. The molecule has 0 saturated carbocycles. The zero-order valence-electron chi connectivity index (χ0n) is 16.6. The van der Waals surface area contributed by atoms with E-state index in [1.54, 1.807) is 46.5 Å². The number of amides is 2. The van der Waals surface area contributed by atoms with Crippen LogP contribution in [-0.2, 0) is 9.53 Å². The average molecular weight is 402 g/mol. The van der Waals surface area contributed by atoms with Crippen LogP contribution in [0.2, 0.25) is 0 Å². The van der Waals surface area contributed by atoms with E-state index >= 15 is 0 Å². The molecule has 0 aromatic heterocycles. The number of allylic oxidation sites excluding steroid dienone is 1. The molecule has 3 aliphatic rings. The molecular formula is C23H22N4O3. The van der Waals surface area contributed by atoms with Gasteiger partial charge in [-0.25, -0.2) is 0 Å². The third kappa shape index (κ3) is 3.70. The first-order valence-corrected chi connectivity index (χ1v) is 9.92. The summed E-state index contributed by atoms with van der Waals surface area (Å²) in [6.45, 7) is 6.30. The van der Waals surface area contributed by atoms with Gasteiger partial charge in [0.2, 0.25) is 0 Å². The number of ether oxygens (including phenoxy) is 1. The second-order valence-corrected chi connectivity index (χ2v) is 7.29. The zero-order chi connectivity index (χ0) is 21.1. The van der Waals surface area contributed by atoms with Gasteiger partial charge in [0.15, 0.2) is 6.04 Å². The fraction of sp³-hybridized carbons (Fsp3) is 0.304. The maximum absolute atomic E-state index is 13.0. The molecule has 3 heterocycles. The Morgan fingerprint density at radius 1 is 1.33 bits per heavy atom. The predicted octanol–water partition coefficient (Wildman–Crippen LogP) is 2.17. The minimum atomic E-state index is -0.584. The summed E-state index contributed by atoms with van der Waals surface area (Å²) in [6, 6.07) is 6.72. The Balaban J connectivity index is 1.74. The molecule has 7 nitrogen and oxygen atoms in total. The van der Waals surface area contributed by atoms with E-state index in [4.69, 9.17) is 4.74 Å². The third-order valence-corrected chi connectivity index (χ3v) is 5.39. The highest BCUT2D eigenvalue weighted by Crippen LogP contribution is 2.35. The van der Waals surface area contributed by atoms with E-state index in [-0.39, 0.29) is 11.8 Å². The number of benzene rings is 1. The largest absolute Gasteiger partial charge is 0.378 e. The summed E-state index contributed by atoms with van der Waals surface area (Å²) in [6.07, 6.45) is 7.67. The summed E-state index contributed by atoms with van der Waals surface area (Å²) in [7, 11) is 0. The van der Waals surface area contributed by atoms with E-state index in [9.17, 15) is 14.9 Å². The van der Waals surface area contributed by atoms with Crippen LogP contribution in [-0.4, -0.2) is 66.7 Å². The molecule has 0 radical (unpaired) electrons. The smallest absolute Gasteiger partial charge is 0.255 e. The number of nitrogens with zero attached hydrogens (tertiary/aromatic N) is 4. The van der Waals surface area contributed by atoms with Gasteiger partial charge in [-0.15, -0.1) is 6.58 Å². The zero-order valence-corrected chi connectivity index (χ0v) is 16.6. The molecule has 0 spiro atoms. The molecule has 0 N–H and O–H groups in total. The summed E-state index contributed by atoms with van der Waals surface area (Å²) in [4.78, 5) is 33.5. The highest BCUT2D eigenvalue weighted by molar-refractivity contribution is 6.04. The lowest BCUT2D eigenvalue weighted by molar-refractivity contribution is -0.129. The van der Waals surface area contributed by atoms with Crippen molar-refractivity contribution in [2.75, 3.05) is 32.8 Å². The molecule has 1 aromatic carbocycles. The van der Waals surface area contributed by atoms with Crippen LogP contribution < -0.4 is 0 Å². The van der Waals surface area contributed by atoms with Crippen LogP contribution in [0, 0.1) is 11.3 Å². The first kappa shape index (κ1) is 19.8. The van der Waals surface area contributed by atoms with Gasteiger partial charge in [0, 0.05) is 43.2 Å².